The number of Topliss-reactive ketones (excluding diaryl/α,β-unsaturated/α-hetero) is 1. The molecule has 5 heteroatoms. The number of hydrogen-bond acceptors (Lipinski definition) is 4. The first kappa shape index (κ1) is 13.2. The maximum atomic E-state index is 11.9. The Morgan fingerprint density at radius 3 is 2.24 bits per heavy atom. The van der Waals surface area contributed by atoms with Gasteiger partial charge in [0.05, 0.1) is 7.11 Å². The summed E-state index contributed by atoms with van der Waals surface area (Å²) in [5.41, 5.74) is 5.84. The van der Waals surface area contributed by atoms with E-state index in [1.165, 1.54) is 14.0 Å². The lowest BCUT2D eigenvalue weighted by molar-refractivity contribution is -0.139. The van der Waals surface area contributed by atoms with Crippen molar-refractivity contribution in [3.05, 3.63) is 29.8 Å². The van der Waals surface area contributed by atoms with Crippen LogP contribution in [0.15, 0.2) is 24.3 Å². The number of rotatable bonds is 5. The standard InChI is InChI=1S/C12H15NO4/c1-7(10(13)12(15)16)11(14)8-3-5-9(17-2)6-4-8/h3-7,10H,13H2,1-2H3,(H,15,16)/t7-,10-/m0/s1. The molecule has 2 atom stereocenters. The van der Waals surface area contributed by atoms with Crippen molar-refractivity contribution >= 4 is 11.8 Å². The van der Waals surface area contributed by atoms with E-state index in [2.05, 4.69) is 0 Å². The molecule has 1 rings (SSSR count). The lowest BCUT2D eigenvalue weighted by Gasteiger charge is -2.14. The van der Waals surface area contributed by atoms with Gasteiger partial charge >= 0.3 is 5.97 Å². The molecule has 17 heavy (non-hydrogen) atoms. The molecule has 0 saturated carbocycles. The van der Waals surface area contributed by atoms with E-state index in [0.717, 1.165) is 0 Å². The number of nitrogens with two attached hydrogens (primary N) is 1. The van der Waals surface area contributed by atoms with E-state index >= 15 is 0 Å². The Kier molecular flexibility index (Phi) is 4.23. The van der Waals surface area contributed by atoms with Crippen LogP contribution in [-0.4, -0.2) is 30.0 Å². The van der Waals surface area contributed by atoms with Gasteiger partial charge in [0.1, 0.15) is 11.8 Å². The van der Waals surface area contributed by atoms with Crippen molar-refractivity contribution in [2.24, 2.45) is 11.7 Å². The van der Waals surface area contributed by atoms with Gasteiger partial charge in [-0.1, -0.05) is 6.92 Å². The number of carbonyl (C=O) groups is 2. The Labute approximate surface area is 99.2 Å². The number of benzene rings is 1. The monoisotopic (exact) mass is 237 g/mol. The third-order valence-electron chi connectivity index (χ3n) is 2.61. The number of carboxylic acids is 1. The molecule has 92 valence electrons. The Morgan fingerprint density at radius 2 is 1.82 bits per heavy atom. The first-order valence-electron chi connectivity index (χ1n) is 5.14. The molecule has 0 fully saturated rings. The summed E-state index contributed by atoms with van der Waals surface area (Å²) in [7, 11) is 1.53. The van der Waals surface area contributed by atoms with Gasteiger partial charge in [-0.25, -0.2) is 0 Å². The second-order valence-electron chi connectivity index (χ2n) is 3.75. The average molecular weight is 237 g/mol. The van der Waals surface area contributed by atoms with Crippen molar-refractivity contribution in [3.63, 3.8) is 0 Å². The molecule has 0 saturated heterocycles. The topological polar surface area (TPSA) is 89.6 Å². The van der Waals surface area contributed by atoms with E-state index in [-0.39, 0.29) is 5.78 Å². The van der Waals surface area contributed by atoms with Gasteiger partial charge in [-0.15, -0.1) is 0 Å². The van der Waals surface area contributed by atoms with Gasteiger partial charge < -0.3 is 15.6 Å². The molecule has 0 aliphatic rings. The number of methoxy groups -OCH3 is 1. The Balaban J connectivity index is 2.85. The Morgan fingerprint density at radius 1 is 1.29 bits per heavy atom. The van der Waals surface area contributed by atoms with E-state index in [9.17, 15) is 9.59 Å². The third kappa shape index (κ3) is 3.04. The van der Waals surface area contributed by atoms with Crippen molar-refractivity contribution in [2.45, 2.75) is 13.0 Å². The SMILES string of the molecule is COc1ccc(C(=O)[C@@H](C)[C@H](N)C(=O)O)cc1. The van der Waals surface area contributed by atoms with E-state index < -0.39 is 17.9 Å². The number of ether oxygens (including phenoxy) is 1. The van der Waals surface area contributed by atoms with Crippen LogP contribution in [0.4, 0.5) is 0 Å². The highest BCUT2D eigenvalue weighted by Crippen LogP contribution is 2.16. The number of hydrogen-bond donors (Lipinski definition) is 2. The highest BCUT2D eigenvalue weighted by molar-refractivity contribution is 6.00. The summed E-state index contributed by atoms with van der Waals surface area (Å²) in [6.07, 6.45) is 0. The average Bonchev–Trinajstić information content (AvgIpc) is 2.36. The number of aliphatic carboxylic acids is 1. The molecule has 0 bridgehead atoms. The molecular weight excluding hydrogens is 222 g/mol. The van der Waals surface area contributed by atoms with Crippen molar-refractivity contribution in [2.75, 3.05) is 7.11 Å². The lowest BCUT2D eigenvalue weighted by atomic mass is 9.93. The number of carbonyl (C=O) groups excluding carboxylic acids is 1. The van der Waals surface area contributed by atoms with Gasteiger partial charge in [0.25, 0.3) is 0 Å². The molecule has 0 unspecified atom stereocenters. The van der Waals surface area contributed by atoms with Gasteiger partial charge in [0.15, 0.2) is 5.78 Å². The van der Waals surface area contributed by atoms with E-state index in [0.29, 0.717) is 11.3 Å². The second kappa shape index (κ2) is 5.45. The maximum Gasteiger partial charge on any atom is 0.321 e. The normalized spacial score (nSPS) is 13.8. The predicted molar refractivity (Wildman–Crippen MR) is 62.1 cm³/mol. The van der Waals surface area contributed by atoms with Crippen LogP contribution in [0.1, 0.15) is 17.3 Å². The van der Waals surface area contributed by atoms with Gasteiger partial charge in [-0.3, -0.25) is 9.59 Å². The molecule has 0 aliphatic heterocycles. The summed E-state index contributed by atoms with van der Waals surface area (Å²) < 4.78 is 4.96. The molecule has 0 aromatic heterocycles. The number of ketones is 1. The van der Waals surface area contributed by atoms with Crippen LogP contribution in [0.5, 0.6) is 5.75 Å². The van der Waals surface area contributed by atoms with Crippen LogP contribution in [0.25, 0.3) is 0 Å². The van der Waals surface area contributed by atoms with Crippen LogP contribution < -0.4 is 10.5 Å². The molecule has 3 N–H and O–H groups in total. The summed E-state index contributed by atoms with van der Waals surface area (Å²) in [6.45, 7) is 1.51. The van der Waals surface area contributed by atoms with E-state index in [1.54, 1.807) is 24.3 Å². The minimum atomic E-state index is -1.19. The molecule has 0 spiro atoms. The van der Waals surface area contributed by atoms with Gasteiger partial charge in [0, 0.05) is 11.5 Å². The van der Waals surface area contributed by atoms with Crippen LogP contribution in [0.3, 0.4) is 0 Å². The zero-order valence-corrected chi connectivity index (χ0v) is 9.71. The van der Waals surface area contributed by atoms with Crippen molar-refractivity contribution in [3.8, 4) is 5.75 Å². The fourth-order valence-corrected chi connectivity index (χ4v) is 1.40. The summed E-state index contributed by atoms with van der Waals surface area (Å²) in [5.74, 6) is -1.60. The maximum absolute atomic E-state index is 11.9. The highest BCUT2D eigenvalue weighted by Gasteiger charge is 2.27. The second-order valence-corrected chi connectivity index (χ2v) is 3.75. The highest BCUT2D eigenvalue weighted by atomic mass is 16.5. The smallest absolute Gasteiger partial charge is 0.321 e. The van der Waals surface area contributed by atoms with Crippen LogP contribution in [0, 0.1) is 5.92 Å². The van der Waals surface area contributed by atoms with Crippen LogP contribution >= 0.6 is 0 Å². The molecule has 1 aromatic rings. The molecule has 0 radical (unpaired) electrons. The molecule has 1 aromatic carbocycles. The zero-order chi connectivity index (χ0) is 13.0. The fraction of sp³-hybridized carbons (Fsp3) is 0.333. The van der Waals surface area contributed by atoms with Gasteiger partial charge in [0.2, 0.25) is 0 Å². The Hall–Kier alpha value is -1.88. The summed E-state index contributed by atoms with van der Waals surface area (Å²) in [4.78, 5) is 22.6. The van der Waals surface area contributed by atoms with E-state index in [4.69, 9.17) is 15.6 Å². The predicted octanol–water partition coefficient (Wildman–Crippen LogP) is 0.926. The number of carboxylic acid groups (broad SMARTS) is 1. The zero-order valence-electron chi connectivity index (χ0n) is 9.71. The molecule has 5 nitrogen and oxygen atoms in total. The minimum absolute atomic E-state index is 0.289. The largest absolute Gasteiger partial charge is 0.497 e. The first-order valence-corrected chi connectivity index (χ1v) is 5.14. The molecule has 0 aliphatic carbocycles. The fourth-order valence-electron chi connectivity index (χ4n) is 1.40. The summed E-state index contributed by atoms with van der Waals surface area (Å²) in [5, 5.41) is 8.73. The molecular formula is C12H15NO4. The minimum Gasteiger partial charge on any atom is -0.497 e. The van der Waals surface area contributed by atoms with Crippen molar-refractivity contribution in [1.82, 2.24) is 0 Å². The molecule has 0 amide bonds. The van der Waals surface area contributed by atoms with Crippen LogP contribution in [0.2, 0.25) is 0 Å². The summed E-state index contributed by atoms with van der Waals surface area (Å²) >= 11 is 0. The van der Waals surface area contributed by atoms with Gasteiger partial charge in [-0.2, -0.15) is 0 Å². The summed E-state index contributed by atoms with van der Waals surface area (Å²) in [6, 6.07) is 5.28. The third-order valence-corrected chi connectivity index (χ3v) is 2.61. The lowest BCUT2D eigenvalue weighted by Crippen LogP contribution is -2.40. The van der Waals surface area contributed by atoms with Gasteiger partial charge in [-0.05, 0) is 24.3 Å². The van der Waals surface area contributed by atoms with Crippen LogP contribution in [-0.2, 0) is 4.79 Å². The Bertz CT molecular complexity index is 413. The molecule has 0 heterocycles. The first-order chi connectivity index (χ1) is 7.97. The van der Waals surface area contributed by atoms with Crippen molar-refractivity contribution < 1.29 is 19.4 Å². The quantitative estimate of drug-likeness (QED) is 0.743. The van der Waals surface area contributed by atoms with E-state index in [1.807, 2.05) is 0 Å². The van der Waals surface area contributed by atoms with Crippen molar-refractivity contribution in [1.29, 1.82) is 0 Å².